The zero-order chi connectivity index (χ0) is 13.2. The standard InChI is InChI=1S/C11H10N2O4S/c14-9-3-1-8(2-4-9)13-18(16,17)10-5-6-11(15)12-7-10/h1-7,13-14H,(H,12,15). The summed E-state index contributed by atoms with van der Waals surface area (Å²) in [5, 5.41) is 9.09. The number of nitrogens with one attached hydrogen (secondary N) is 2. The van der Waals surface area contributed by atoms with Gasteiger partial charge in [0.2, 0.25) is 5.56 Å². The molecule has 0 amide bonds. The first-order valence-corrected chi connectivity index (χ1v) is 6.46. The van der Waals surface area contributed by atoms with Crippen LogP contribution in [0.1, 0.15) is 0 Å². The van der Waals surface area contributed by atoms with Crippen molar-refractivity contribution < 1.29 is 13.5 Å². The fourth-order valence-corrected chi connectivity index (χ4v) is 2.33. The largest absolute Gasteiger partial charge is 0.508 e. The van der Waals surface area contributed by atoms with Crippen LogP contribution in [0.5, 0.6) is 5.75 Å². The molecule has 1 aromatic heterocycles. The molecule has 0 radical (unpaired) electrons. The summed E-state index contributed by atoms with van der Waals surface area (Å²) in [5.41, 5.74) is -0.0578. The molecule has 0 saturated carbocycles. The first kappa shape index (κ1) is 12.2. The molecule has 0 fully saturated rings. The fourth-order valence-electron chi connectivity index (χ4n) is 1.31. The van der Waals surface area contributed by atoms with Crippen molar-refractivity contribution >= 4 is 15.7 Å². The second-order valence-electron chi connectivity index (χ2n) is 3.54. The van der Waals surface area contributed by atoms with E-state index in [0.717, 1.165) is 12.3 Å². The number of anilines is 1. The molecule has 0 spiro atoms. The van der Waals surface area contributed by atoms with Gasteiger partial charge in [-0.05, 0) is 30.3 Å². The molecule has 94 valence electrons. The van der Waals surface area contributed by atoms with E-state index >= 15 is 0 Å². The van der Waals surface area contributed by atoms with Gasteiger partial charge in [0.25, 0.3) is 10.0 Å². The Hall–Kier alpha value is -2.28. The molecule has 7 heteroatoms. The number of phenols is 1. The van der Waals surface area contributed by atoms with Crippen LogP contribution in [0.15, 0.2) is 52.3 Å². The van der Waals surface area contributed by atoms with E-state index in [2.05, 4.69) is 9.71 Å². The van der Waals surface area contributed by atoms with Crippen LogP contribution in [0.3, 0.4) is 0 Å². The molecule has 0 bridgehead atoms. The van der Waals surface area contributed by atoms with E-state index in [4.69, 9.17) is 5.11 Å². The lowest BCUT2D eigenvalue weighted by Gasteiger charge is -2.07. The first-order valence-electron chi connectivity index (χ1n) is 4.98. The number of sulfonamides is 1. The highest BCUT2D eigenvalue weighted by molar-refractivity contribution is 7.92. The summed E-state index contributed by atoms with van der Waals surface area (Å²) in [6.45, 7) is 0. The van der Waals surface area contributed by atoms with Crippen LogP contribution in [0.2, 0.25) is 0 Å². The van der Waals surface area contributed by atoms with Crippen molar-refractivity contribution in [2.75, 3.05) is 4.72 Å². The van der Waals surface area contributed by atoms with Gasteiger partial charge in [0.1, 0.15) is 10.6 Å². The van der Waals surface area contributed by atoms with E-state index in [0.29, 0.717) is 5.69 Å². The normalized spacial score (nSPS) is 11.1. The van der Waals surface area contributed by atoms with Crippen molar-refractivity contribution in [3.05, 3.63) is 52.9 Å². The minimum atomic E-state index is -3.74. The average molecular weight is 266 g/mol. The average Bonchev–Trinajstić information content (AvgIpc) is 2.32. The summed E-state index contributed by atoms with van der Waals surface area (Å²) in [4.78, 5) is 13.1. The summed E-state index contributed by atoms with van der Waals surface area (Å²) in [5.74, 6) is 0.0435. The van der Waals surface area contributed by atoms with Gasteiger partial charge in [-0.3, -0.25) is 9.52 Å². The Morgan fingerprint density at radius 2 is 1.72 bits per heavy atom. The van der Waals surface area contributed by atoms with E-state index in [-0.39, 0.29) is 16.2 Å². The number of benzene rings is 1. The minimum absolute atomic E-state index is 0.0435. The highest BCUT2D eigenvalue weighted by Gasteiger charge is 2.13. The molecule has 2 aromatic rings. The highest BCUT2D eigenvalue weighted by atomic mass is 32.2. The maximum atomic E-state index is 11.9. The van der Waals surface area contributed by atoms with Gasteiger partial charge < -0.3 is 10.1 Å². The molecule has 1 heterocycles. The molecular formula is C11H10N2O4S. The lowest BCUT2D eigenvalue weighted by molar-refractivity contribution is 0.475. The molecule has 0 saturated heterocycles. The Morgan fingerprint density at radius 1 is 1.06 bits per heavy atom. The minimum Gasteiger partial charge on any atom is -0.508 e. The maximum Gasteiger partial charge on any atom is 0.263 e. The third kappa shape index (κ3) is 2.69. The Bertz CT molecular complexity index is 684. The van der Waals surface area contributed by atoms with Crippen LogP contribution in [-0.2, 0) is 10.0 Å². The topological polar surface area (TPSA) is 99.3 Å². The summed E-state index contributed by atoms with van der Waals surface area (Å²) >= 11 is 0. The molecule has 0 aliphatic rings. The molecule has 1 aromatic carbocycles. The maximum absolute atomic E-state index is 11.9. The van der Waals surface area contributed by atoms with Gasteiger partial charge in [-0.15, -0.1) is 0 Å². The van der Waals surface area contributed by atoms with Gasteiger partial charge >= 0.3 is 0 Å². The zero-order valence-electron chi connectivity index (χ0n) is 9.12. The van der Waals surface area contributed by atoms with E-state index in [1.807, 2.05) is 0 Å². The van der Waals surface area contributed by atoms with E-state index < -0.39 is 10.0 Å². The van der Waals surface area contributed by atoms with Crippen LogP contribution in [0, 0.1) is 0 Å². The number of hydrogen-bond acceptors (Lipinski definition) is 4. The predicted molar refractivity (Wildman–Crippen MR) is 66.0 cm³/mol. The first-order chi connectivity index (χ1) is 8.47. The molecule has 3 N–H and O–H groups in total. The van der Waals surface area contributed by atoms with Crippen molar-refractivity contribution in [2.24, 2.45) is 0 Å². The van der Waals surface area contributed by atoms with Crippen LogP contribution < -0.4 is 10.3 Å². The quantitative estimate of drug-likeness (QED) is 0.718. The summed E-state index contributed by atoms with van der Waals surface area (Å²) in [6, 6.07) is 7.93. The monoisotopic (exact) mass is 266 g/mol. The summed E-state index contributed by atoms with van der Waals surface area (Å²) < 4.78 is 26.1. The van der Waals surface area contributed by atoms with Crippen molar-refractivity contribution in [2.45, 2.75) is 4.90 Å². The summed E-state index contributed by atoms with van der Waals surface area (Å²) in [6.07, 6.45) is 1.12. The smallest absolute Gasteiger partial charge is 0.263 e. The number of aromatic nitrogens is 1. The van der Waals surface area contributed by atoms with Gasteiger partial charge in [0, 0.05) is 18.0 Å². The molecule has 0 unspecified atom stereocenters. The molecule has 0 atom stereocenters. The van der Waals surface area contributed by atoms with Crippen LogP contribution >= 0.6 is 0 Å². The van der Waals surface area contributed by atoms with Crippen LogP contribution in [0.4, 0.5) is 5.69 Å². The summed E-state index contributed by atoms with van der Waals surface area (Å²) in [7, 11) is -3.74. The number of aromatic amines is 1. The lowest BCUT2D eigenvalue weighted by atomic mass is 10.3. The van der Waals surface area contributed by atoms with Crippen molar-refractivity contribution in [1.29, 1.82) is 0 Å². The van der Waals surface area contributed by atoms with Crippen molar-refractivity contribution in [3.8, 4) is 5.75 Å². The molecule has 0 aliphatic heterocycles. The van der Waals surface area contributed by atoms with Gasteiger partial charge in [0.05, 0.1) is 0 Å². The number of phenolic OH excluding ortho intramolecular Hbond substituents is 1. The van der Waals surface area contributed by atoms with Gasteiger partial charge in [-0.1, -0.05) is 0 Å². The Kier molecular flexibility index (Phi) is 3.07. The third-order valence-corrected chi connectivity index (χ3v) is 3.56. The fraction of sp³-hybridized carbons (Fsp3) is 0. The van der Waals surface area contributed by atoms with E-state index in [1.165, 1.54) is 30.3 Å². The van der Waals surface area contributed by atoms with E-state index in [1.54, 1.807) is 0 Å². The van der Waals surface area contributed by atoms with Gasteiger partial charge in [-0.2, -0.15) is 0 Å². The SMILES string of the molecule is O=c1ccc(S(=O)(=O)Nc2ccc(O)cc2)c[nH]1. The van der Waals surface area contributed by atoms with Crippen molar-refractivity contribution in [3.63, 3.8) is 0 Å². The number of hydrogen-bond donors (Lipinski definition) is 3. The van der Waals surface area contributed by atoms with E-state index in [9.17, 15) is 13.2 Å². The third-order valence-electron chi connectivity index (χ3n) is 2.19. The Morgan fingerprint density at radius 3 is 2.28 bits per heavy atom. The molecule has 18 heavy (non-hydrogen) atoms. The van der Waals surface area contributed by atoms with Gasteiger partial charge in [-0.25, -0.2) is 8.42 Å². The molecular weight excluding hydrogens is 256 g/mol. The number of rotatable bonds is 3. The number of H-pyrrole nitrogens is 1. The van der Waals surface area contributed by atoms with Crippen LogP contribution in [-0.4, -0.2) is 18.5 Å². The number of pyridine rings is 1. The van der Waals surface area contributed by atoms with Gasteiger partial charge in [0.15, 0.2) is 0 Å². The Labute approximate surface area is 103 Å². The lowest BCUT2D eigenvalue weighted by Crippen LogP contribution is -2.15. The molecule has 6 nitrogen and oxygen atoms in total. The predicted octanol–water partition coefficient (Wildman–Crippen LogP) is 0.881. The Balaban J connectivity index is 2.29. The number of aromatic hydroxyl groups is 1. The second-order valence-corrected chi connectivity index (χ2v) is 5.22. The zero-order valence-corrected chi connectivity index (χ0v) is 9.94. The second kappa shape index (κ2) is 4.53. The van der Waals surface area contributed by atoms with Crippen LogP contribution in [0.25, 0.3) is 0 Å². The highest BCUT2D eigenvalue weighted by Crippen LogP contribution is 2.17. The molecule has 0 aliphatic carbocycles. The molecule has 2 rings (SSSR count). The van der Waals surface area contributed by atoms with Crippen molar-refractivity contribution in [1.82, 2.24) is 4.98 Å².